The molecule has 3 fully saturated rings. The van der Waals surface area contributed by atoms with Crippen LogP contribution in [0.5, 0.6) is 0 Å². The number of carbonyl (C=O) groups is 2. The van der Waals surface area contributed by atoms with E-state index in [9.17, 15) is 9.59 Å². The lowest BCUT2D eigenvalue weighted by atomic mass is 9.48. The number of ketones is 1. The van der Waals surface area contributed by atoms with E-state index in [4.69, 9.17) is 0 Å². The molecule has 3 rings (SSSR count). The second kappa shape index (κ2) is 6.28. The highest BCUT2D eigenvalue weighted by molar-refractivity contribution is 5.99. The normalized spacial score (nSPS) is 45.3. The molecule has 0 bridgehead atoms. The van der Waals surface area contributed by atoms with E-state index >= 15 is 0 Å². The van der Waals surface area contributed by atoms with Crippen molar-refractivity contribution in [3.63, 3.8) is 0 Å². The first-order valence-corrected chi connectivity index (χ1v) is 9.71. The van der Waals surface area contributed by atoms with Gasteiger partial charge in [-0.15, -0.1) is 0 Å². The van der Waals surface area contributed by atoms with E-state index in [1.165, 1.54) is 12.8 Å². The molecule has 0 spiro atoms. The van der Waals surface area contributed by atoms with Crippen LogP contribution in [0, 0.1) is 28.6 Å². The highest BCUT2D eigenvalue weighted by atomic mass is 16.1. The quantitative estimate of drug-likeness (QED) is 0.401. The summed E-state index contributed by atoms with van der Waals surface area (Å²) in [7, 11) is 0. The Balaban J connectivity index is 1.97. The molecule has 2 heteroatoms. The van der Waals surface area contributed by atoms with Crippen molar-refractivity contribution in [2.24, 2.45) is 28.6 Å². The van der Waals surface area contributed by atoms with Gasteiger partial charge in [-0.1, -0.05) is 31.6 Å². The van der Waals surface area contributed by atoms with Crippen LogP contribution < -0.4 is 0 Å². The average Bonchev–Trinajstić information content (AvgIpc) is 2.83. The van der Waals surface area contributed by atoms with E-state index < -0.39 is 0 Å². The average molecular weight is 328 g/mol. The molecule has 3 aliphatic rings. The number of fused-ring (bicyclic) bond motifs is 3. The van der Waals surface area contributed by atoms with Gasteiger partial charge in [0.25, 0.3) is 0 Å². The Labute approximate surface area is 146 Å². The van der Waals surface area contributed by atoms with Crippen LogP contribution in [0.3, 0.4) is 0 Å². The summed E-state index contributed by atoms with van der Waals surface area (Å²) in [6, 6.07) is 0. The van der Waals surface area contributed by atoms with E-state index in [1.807, 2.05) is 6.92 Å². The molecule has 0 amide bonds. The smallest absolute Gasteiger partial charge is 0.159 e. The molecule has 0 N–H and O–H groups in total. The summed E-state index contributed by atoms with van der Waals surface area (Å²) in [4.78, 5) is 23.6. The number of rotatable bonds is 3. The maximum atomic E-state index is 12.6. The number of carbonyl (C=O) groups excluding carboxylic acids is 2. The fraction of sp³-hybridized carbons (Fsp3) is 0.727. The lowest BCUT2D eigenvalue weighted by Crippen LogP contribution is -2.48. The molecule has 3 saturated carbocycles. The molecule has 0 heterocycles. The first kappa shape index (κ1) is 17.6. The molecule has 2 nitrogen and oxygen atoms in total. The fourth-order valence-corrected chi connectivity index (χ4v) is 6.66. The summed E-state index contributed by atoms with van der Waals surface area (Å²) >= 11 is 0. The Hall–Kier alpha value is -1.18. The molecule has 3 aliphatic carbocycles. The van der Waals surface area contributed by atoms with Gasteiger partial charge in [-0.3, -0.25) is 4.79 Å². The van der Waals surface area contributed by atoms with Gasteiger partial charge in [0.05, 0.1) is 0 Å². The van der Waals surface area contributed by atoms with Crippen LogP contribution in [0.15, 0.2) is 23.3 Å². The van der Waals surface area contributed by atoms with Crippen molar-refractivity contribution >= 4 is 12.1 Å². The second-order valence-electron chi connectivity index (χ2n) is 8.64. The van der Waals surface area contributed by atoms with Crippen molar-refractivity contribution in [1.29, 1.82) is 0 Å². The molecule has 0 radical (unpaired) electrons. The lowest BCUT2D eigenvalue weighted by Gasteiger charge is -2.56. The third kappa shape index (κ3) is 2.36. The molecule has 132 valence electrons. The first-order chi connectivity index (χ1) is 11.4. The predicted octanol–water partition coefficient (Wildman–Crippen LogP) is 5.28. The highest BCUT2D eigenvalue weighted by Gasteiger charge is 2.58. The van der Waals surface area contributed by atoms with E-state index in [2.05, 4.69) is 32.9 Å². The summed E-state index contributed by atoms with van der Waals surface area (Å²) in [5, 5.41) is 0. The molecular formula is C22H32O2. The molecular weight excluding hydrogens is 296 g/mol. The van der Waals surface area contributed by atoms with Crippen LogP contribution in [0.25, 0.3) is 0 Å². The van der Waals surface area contributed by atoms with Crippen LogP contribution in [0.4, 0.5) is 0 Å². The van der Waals surface area contributed by atoms with E-state index in [0.717, 1.165) is 37.5 Å². The molecule has 0 aliphatic heterocycles. The predicted molar refractivity (Wildman–Crippen MR) is 97.6 cm³/mol. The monoisotopic (exact) mass is 328 g/mol. The largest absolute Gasteiger partial charge is 0.303 e. The van der Waals surface area contributed by atoms with Gasteiger partial charge in [0.1, 0.15) is 6.29 Å². The van der Waals surface area contributed by atoms with Crippen LogP contribution in [-0.2, 0) is 9.59 Å². The minimum absolute atomic E-state index is 0.0893. The van der Waals surface area contributed by atoms with Gasteiger partial charge in [-0.05, 0) is 80.1 Å². The van der Waals surface area contributed by atoms with Gasteiger partial charge >= 0.3 is 0 Å². The second-order valence-corrected chi connectivity index (χ2v) is 8.64. The number of hydrogen-bond acceptors (Lipinski definition) is 2. The van der Waals surface area contributed by atoms with Crippen molar-refractivity contribution in [1.82, 2.24) is 0 Å². The minimum Gasteiger partial charge on any atom is -0.303 e. The zero-order valence-corrected chi connectivity index (χ0v) is 15.7. The Kier molecular flexibility index (Phi) is 4.61. The molecule has 24 heavy (non-hydrogen) atoms. The molecule has 0 aromatic heterocycles. The maximum Gasteiger partial charge on any atom is 0.159 e. The molecule has 5 unspecified atom stereocenters. The summed E-state index contributed by atoms with van der Waals surface area (Å²) in [6.45, 7) is 8.90. The summed E-state index contributed by atoms with van der Waals surface area (Å²) in [5.74, 6) is 2.14. The number of Topliss-reactive ketones (excluding diaryl/α,β-unsaturated/α-hetero) is 1. The van der Waals surface area contributed by atoms with Gasteiger partial charge in [-0.2, -0.15) is 0 Å². The minimum atomic E-state index is 0.0893. The van der Waals surface area contributed by atoms with Gasteiger partial charge in [0.15, 0.2) is 5.78 Å². The van der Waals surface area contributed by atoms with Crippen molar-refractivity contribution in [3.8, 4) is 0 Å². The number of aldehydes is 1. The molecule has 0 aromatic rings. The summed E-state index contributed by atoms with van der Waals surface area (Å²) < 4.78 is 0. The van der Waals surface area contributed by atoms with Gasteiger partial charge in [-0.25, -0.2) is 0 Å². The molecule has 0 aromatic carbocycles. The third-order valence-corrected chi connectivity index (χ3v) is 7.87. The summed E-state index contributed by atoms with van der Waals surface area (Å²) in [6.07, 6.45) is 12.5. The molecule has 5 atom stereocenters. The summed E-state index contributed by atoms with van der Waals surface area (Å²) in [5.41, 5.74) is 2.87. The van der Waals surface area contributed by atoms with E-state index in [1.54, 1.807) is 5.57 Å². The first-order valence-electron chi connectivity index (χ1n) is 9.71. The third-order valence-electron chi connectivity index (χ3n) is 7.87. The number of hydrogen-bond donors (Lipinski definition) is 0. The van der Waals surface area contributed by atoms with Crippen molar-refractivity contribution < 1.29 is 9.59 Å². The Morgan fingerprint density at radius 3 is 2.50 bits per heavy atom. The van der Waals surface area contributed by atoms with E-state index in [0.29, 0.717) is 30.0 Å². The van der Waals surface area contributed by atoms with Crippen LogP contribution in [-0.4, -0.2) is 12.1 Å². The zero-order chi connectivity index (χ0) is 17.5. The Bertz CT molecular complexity index is 599. The van der Waals surface area contributed by atoms with E-state index in [-0.39, 0.29) is 10.8 Å². The molecule has 0 saturated heterocycles. The topological polar surface area (TPSA) is 34.1 Å². The van der Waals surface area contributed by atoms with Crippen molar-refractivity contribution in [3.05, 3.63) is 23.3 Å². The zero-order valence-electron chi connectivity index (χ0n) is 15.7. The maximum absolute atomic E-state index is 12.6. The van der Waals surface area contributed by atoms with Crippen molar-refractivity contribution in [2.75, 3.05) is 0 Å². The Morgan fingerprint density at radius 2 is 1.88 bits per heavy atom. The fourth-order valence-electron chi connectivity index (χ4n) is 6.66. The van der Waals surface area contributed by atoms with Crippen LogP contribution in [0.2, 0.25) is 0 Å². The van der Waals surface area contributed by atoms with Crippen LogP contribution in [0.1, 0.15) is 72.6 Å². The van der Waals surface area contributed by atoms with Crippen LogP contribution >= 0.6 is 0 Å². The van der Waals surface area contributed by atoms with Gasteiger partial charge in [0, 0.05) is 12.8 Å². The standard InChI is InChI=1S/C22H32O2/c1-5-15-8-9-16-18(21(15,3)11-7-13-23)10-12-22(4)17(6-2)20(24)14-19(16)22/h5-6,13,16,18-19H,7-12,14H2,1-4H3/b15-5-,17-6+. The number of allylic oxidation sites excluding steroid dienone is 4. The van der Waals surface area contributed by atoms with Crippen molar-refractivity contribution in [2.45, 2.75) is 72.6 Å². The van der Waals surface area contributed by atoms with Gasteiger partial charge in [0.2, 0.25) is 0 Å². The van der Waals surface area contributed by atoms with Gasteiger partial charge < -0.3 is 4.79 Å². The Morgan fingerprint density at radius 1 is 1.12 bits per heavy atom. The SMILES string of the molecule is C/C=C1/CCC2C(CCC3(C)/C(=C/C)C(=O)CC23)C1(C)CCC=O. The highest BCUT2D eigenvalue weighted by Crippen LogP contribution is 2.65. The lowest BCUT2D eigenvalue weighted by molar-refractivity contribution is -0.115.